The van der Waals surface area contributed by atoms with Crippen LogP contribution < -0.4 is 0 Å². The van der Waals surface area contributed by atoms with Crippen LogP contribution in [-0.2, 0) is 5.11 Å². The van der Waals surface area contributed by atoms with Crippen LogP contribution in [0.3, 0.4) is 0 Å². The Morgan fingerprint density at radius 2 is 1.90 bits per heavy atom. The highest BCUT2D eigenvalue weighted by molar-refractivity contribution is 5.48. The molecule has 0 unspecified atom stereocenters. The Morgan fingerprint density at radius 1 is 1.20 bits per heavy atom. The first-order valence-corrected chi connectivity index (χ1v) is 3.23. The second-order valence-corrected chi connectivity index (χ2v) is 1.98. The Labute approximate surface area is 60.6 Å². The quantitative estimate of drug-likeness (QED) is 0.589. The van der Waals surface area contributed by atoms with Gasteiger partial charge in [-0.2, -0.15) is 0 Å². The summed E-state index contributed by atoms with van der Waals surface area (Å²) >= 11 is 0. The summed E-state index contributed by atoms with van der Waals surface area (Å²) in [5.41, 5.74) is 1.08. The lowest BCUT2D eigenvalue weighted by Crippen LogP contribution is -1.70. The summed E-state index contributed by atoms with van der Waals surface area (Å²) in [6.45, 7) is -0.144. The largest absolute Gasteiger partial charge is 0.232 e. The molecule has 51 valence electrons. The fourth-order valence-electron chi connectivity index (χ4n) is 0.748. The molecule has 0 bridgehead atoms. The maximum atomic E-state index is 10.0. The van der Waals surface area contributed by atoms with Crippen LogP contribution >= 0.6 is 0 Å². The molecule has 1 aromatic rings. The summed E-state index contributed by atoms with van der Waals surface area (Å²) in [6.07, 6.45) is 3.43. The molecule has 0 N–H and O–H groups in total. The molecule has 10 heavy (non-hydrogen) atoms. The first-order chi connectivity index (χ1) is 4.93. The fraction of sp³-hybridized carbons (Fsp3) is 0.111. The van der Waals surface area contributed by atoms with Crippen molar-refractivity contribution in [1.82, 2.24) is 0 Å². The second kappa shape index (κ2) is 3.85. The Balaban J connectivity index is 2.67. The van der Waals surface area contributed by atoms with Crippen molar-refractivity contribution < 1.29 is 5.11 Å². The van der Waals surface area contributed by atoms with Gasteiger partial charge in [0.05, 0.1) is 0 Å². The first kappa shape index (κ1) is 7.03. The highest BCUT2D eigenvalue weighted by Gasteiger charge is 1.79. The molecule has 0 aliphatic heterocycles. The van der Waals surface area contributed by atoms with E-state index in [1.807, 2.05) is 36.4 Å². The van der Waals surface area contributed by atoms with Crippen LogP contribution in [0.5, 0.6) is 0 Å². The van der Waals surface area contributed by atoms with E-state index in [-0.39, 0.29) is 6.61 Å². The van der Waals surface area contributed by atoms with Gasteiger partial charge in [0.1, 0.15) is 6.61 Å². The number of rotatable bonds is 2. The van der Waals surface area contributed by atoms with Crippen LogP contribution in [0.2, 0.25) is 0 Å². The van der Waals surface area contributed by atoms with Gasteiger partial charge in [0.2, 0.25) is 0 Å². The Morgan fingerprint density at radius 3 is 2.50 bits per heavy atom. The molecule has 0 atom stereocenters. The summed E-state index contributed by atoms with van der Waals surface area (Å²) in [6, 6.07) is 9.78. The van der Waals surface area contributed by atoms with Crippen LogP contribution in [0.25, 0.3) is 6.08 Å². The molecule has 0 amide bonds. The topological polar surface area (TPSA) is 19.9 Å². The van der Waals surface area contributed by atoms with Crippen molar-refractivity contribution in [3.8, 4) is 0 Å². The van der Waals surface area contributed by atoms with E-state index in [2.05, 4.69) is 0 Å². The maximum Gasteiger partial charge on any atom is 0.101 e. The third-order valence-corrected chi connectivity index (χ3v) is 1.21. The van der Waals surface area contributed by atoms with Crippen molar-refractivity contribution in [3.63, 3.8) is 0 Å². The van der Waals surface area contributed by atoms with Crippen LogP contribution in [0.4, 0.5) is 0 Å². The number of hydrogen-bond acceptors (Lipinski definition) is 0. The molecule has 1 radical (unpaired) electrons. The smallest absolute Gasteiger partial charge is 0.101 e. The van der Waals surface area contributed by atoms with Crippen LogP contribution in [0.15, 0.2) is 36.4 Å². The van der Waals surface area contributed by atoms with Crippen LogP contribution in [0.1, 0.15) is 5.56 Å². The van der Waals surface area contributed by atoms with Crippen LogP contribution in [-0.4, -0.2) is 6.61 Å². The molecular weight excluding hydrogens is 124 g/mol. The third-order valence-electron chi connectivity index (χ3n) is 1.21. The highest BCUT2D eigenvalue weighted by Crippen LogP contribution is 1.99. The van der Waals surface area contributed by atoms with Crippen molar-refractivity contribution >= 4 is 6.08 Å². The van der Waals surface area contributed by atoms with E-state index in [0.29, 0.717) is 0 Å². The summed E-state index contributed by atoms with van der Waals surface area (Å²) in [5.74, 6) is 0. The summed E-state index contributed by atoms with van der Waals surface area (Å²) < 4.78 is 0. The Hall–Kier alpha value is -1.08. The molecule has 1 heteroatoms. The van der Waals surface area contributed by atoms with Gasteiger partial charge in [0, 0.05) is 0 Å². The summed E-state index contributed by atoms with van der Waals surface area (Å²) in [7, 11) is 0. The van der Waals surface area contributed by atoms with Gasteiger partial charge in [-0.1, -0.05) is 42.5 Å². The van der Waals surface area contributed by atoms with E-state index in [0.717, 1.165) is 5.56 Å². The monoisotopic (exact) mass is 133 g/mol. The Kier molecular flexibility index (Phi) is 2.71. The fourth-order valence-corrected chi connectivity index (χ4v) is 0.748. The molecule has 0 aliphatic rings. The van der Waals surface area contributed by atoms with Gasteiger partial charge in [-0.3, -0.25) is 0 Å². The van der Waals surface area contributed by atoms with Crippen molar-refractivity contribution in [2.45, 2.75) is 0 Å². The molecule has 0 aromatic heterocycles. The van der Waals surface area contributed by atoms with Gasteiger partial charge in [0.25, 0.3) is 0 Å². The van der Waals surface area contributed by atoms with E-state index in [9.17, 15) is 5.11 Å². The Bertz CT molecular complexity index is 201. The minimum absolute atomic E-state index is 0.144. The van der Waals surface area contributed by atoms with Crippen molar-refractivity contribution in [3.05, 3.63) is 42.0 Å². The van der Waals surface area contributed by atoms with Gasteiger partial charge >= 0.3 is 0 Å². The predicted molar refractivity (Wildman–Crippen MR) is 41.0 cm³/mol. The first-order valence-electron chi connectivity index (χ1n) is 3.23. The zero-order chi connectivity index (χ0) is 7.23. The third kappa shape index (κ3) is 2.03. The average molecular weight is 133 g/mol. The molecule has 1 rings (SSSR count). The van der Waals surface area contributed by atoms with Crippen molar-refractivity contribution in [1.29, 1.82) is 0 Å². The van der Waals surface area contributed by atoms with E-state index in [4.69, 9.17) is 0 Å². The normalized spacial score (nSPS) is 10.5. The van der Waals surface area contributed by atoms with Gasteiger partial charge in [0.15, 0.2) is 0 Å². The van der Waals surface area contributed by atoms with Gasteiger partial charge in [-0.25, -0.2) is 5.11 Å². The van der Waals surface area contributed by atoms with Crippen molar-refractivity contribution in [2.75, 3.05) is 6.61 Å². The van der Waals surface area contributed by atoms with E-state index in [1.165, 1.54) is 0 Å². The van der Waals surface area contributed by atoms with Gasteiger partial charge < -0.3 is 0 Å². The predicted octanol–water partition coefficient (Wildman–Crippen LogP) is 2.13. The second-order valence-electron chi connectivity index (χ2n) is 1.98. The number of hydrogen-bond donors (Lipinski definition) is 0. The van der Waals surface area contributed by atoms with Crippen molar-refractivity contribution in [2.24, 2.45) is 0 Å². The highest BCUT2D eigenvalue weighted by atomic mass is 16.2. The lowest BCUT2D eigenvalue weighted by atomic mass is 10.2. The summed E-state index contributed by atoms with van der Waals surface area (Å²) in [5, 5.41) is 10.0. The minimum atomic E-state index is -0.144. The molecule has 0 aliphatic carbocycles. The van der Waals surface area contributed by atoms with Gasteiger partial charge in [-0.05, 0) is 5.56 Å². The molecule has 0 fully saturated rings. The zero-order valence-corrected chi connectivity index (χ0v) is 5.66. The molecule has 0 saturated heterocycles. The average Bonchev–Trinajstić information content (AvgIpc) is 2.03. The molecular formula is C9H9O. The standard InChI is InChI=1S/C9H9O/c10-8-4-7-9-5-2-1-3-6-9/h1-7H,8H2/b7-4+. The van der Waals surface area contributed by atoms with Crippen LogP contribution in [0, 0.1) is 0 Å². The van der Waals surface area contributed by atoms with Gasteiger partial charge in [-0.15, -0.1) is 0 Å². The van der Waals surface area contributed by atoms with E-state index >= 15 is 0 Å². The maximum absolute atomic E-state index is 10.0. The molecule has 1 aromatic carbocycles. The minimum Gasteiger partial charge on any atom is -0.232 e. The van der Waals surface area contributed by atoms with E-state index < -0.39 is 0 Å². The lowest BCUT2D eigenvalue weighted by molar-refractivity contribution is 0.233. The lowest BCUT2D eigenvalue weighted by Gasteiger charge is -1.87. The number of benzene rings is 1. The molecule has 1 nitrogen and oxygen atoms in total. The van der Waals surface area contributed by atoms with E-state index in [1.54, 1.807) is 6.08 Å². The zero-order valence-electron chi connectivity index (χ0n) is 5.66. The SMILES string of the molecule is [O]C/C=C/c1ccccc1. The molecule has 0 spiro atoms. The summed E-state index contributed by atoms with van der Waals surface area (Å²) in [4.78, 5) is 0. The molecule has 0 heterocycles. The molecule has 0 saturated carbocycles.